The van der Waals surface area contributed by atoms with Crippen molar-refractivity contribution < 1.29 is 8.42 Å². The highest BCUT2D eigenvalue weighted by Crippen LogP contribution is 2.33. The first-order valence-electron chi connectivity index (χ1n) is 5.69. The van der Waals surface area contributed by atoms with Gasteiger partial charge in [-0.25, -0.2) is 8.42 Å². The molecule has 0 atom stereocenters. The smallest absolute Gasteiger partial charge is 0.265 e. The van der Waals surface area contributed by atoms with Crippen molar-refractivity contribution in [1.82, 2.24) is 15.5 Å². The number of nitrogens with one attached hydrogen (secondary N) is 2. The highest BCUT2D eigenvalue weighted by atomic mass is 79.9. The van der Waals surface area contributed by atoms with Crippen molar-refractivity contribution >= 4 is 53.8 Å². The van der Waals surface area contributed by atoms with Crippen molar-refractivity contribution in [2.24, 2.45) is 0 Å². The number of thiophene rings is 1. The van der Waals surface area contributed by atoms with Crippen LogP contribution in [0.15, 0.2) is 20.3 Å². The summed E-state index contributed by atoms with van der Waals surface area (Å²) in [7, 11) is -3.64. The molecule has 2 heterocycles. The molecule has 0 unspecified atom stereocenters. The number of sulfonamides is 1. The van der Waals surface area contributed by atoms with Crippen LogP contribution in [0.3, 0.4) is 0 Å². The molecule has 0 aliphatic rings. The van der Waals surface area contributed by atoms with Gasteiger partial charge in [0.25, 0.3) is 10.0 Å². The van der Waals surface area contributed by atoms with E-state index in [1.54, 1.807) is 6.07 Å². The van der Waals surface area contributed by atoms with Crippen LogP contribution < -0.4 is 10.0 Å². The maximum absolute atomic E-state index is 12.3. The van der Waals surface area contributed by atoms with E-state index in [9.17, 15) is 8.42 Å². The average Bonchev–Trinajstić information content (AvgIpc) is 2.95. The van der Waals surface area contributed by atoms with E-state index < -0.39 is 10.0 Å². The average molecular weight is 397 g/mol. The SMILES string of the molecule is CC(C)NCc1cc(S(=O)(=O)Nc2nncs2)c(Br)s1. The summed E-state index contributed by atoms with van der Waals surface area (Å²) in [6.45, 7) is 4.71. The number of anilines is 1. The molecule has 0 bridgehead atoms. The predicted molar refractivity (Wildman–Crippen MR) is 84.7 cm³/mol. The van der Waals surface area contributed by atoms with E-state index in [2.05, 4.69) is 36.2 Å². The van der Waals surface area contributed by atoms with E-state index in [1.807, 2.05) is 13.8 Å². The first kappa shape index (κ1) is 15.8. The number of hydrogen-bond donors (Lipinski definition) is 2. The van der Waals surface area contributed by atoms with Crippen LogP contribution in [0, 0.1) is 0 Å². The van der Waals surface area contributed by atoms with Gasteiger partial charge in [0, 0.05) is 17.5 Å². The standard InChI is InChI=1S/C10H13BrN4O2S3/c1-6(2)12-4-7-3-8(9(11)19-7)20(16,17)15-10-14-13-5-18-10/h3,5-6,12H,4H2,1-2H3,(H,14,15). The molecule has 0 aliphatic carbocycles. The normalized spacial score (nSPS) is 12.0. The zero-order valence-electron chi connectivity index (χ0n) is 10.8. The Morgan fingerprint density at radius 3 is 2.80 bits per heavy atom. The number of nitrogens with zero attached hydrogens (tertiary/aromatic N) is 2. The fourth-order valence-corrected chi connectivity index (χ4v) is 5.69. The van der Waals surface area contributed by atoms with Gasteiger partial charge in [-0.3, -0.25) is 4.72 Å². The molecule has 20 heavy (non-hydrogen) atoms. The Morgan fingerprint density at radius 2 is 2.20 bits per heavy atom. The van der Waals surface area contributed by atoms with Crippen LogP contribution in [0.2, 0.25) is 0 Å². The van der Waals surface area contributed by atoms with Gasteiger partial charge in [-0.1, -0.05) is 25.2 Å². The second-order valence-corrected chi connectivity index (χ2v) is 9.17. The quantitative estimate of drug-likeness (QED) is 0.783. The molecule has 10 heteroatoms. The fourth-order valence-electron chi connectivity index (χ4n) is 1.36. The number of aromatic nitrogens is 2. The van der Waals surface area contributed by atoms with Crippen molar-refractivity contribution in [2.75, 3.05) is 4.72 Å². The Labute approximate surface area is 133 Å². The molecule has 2 aromatic rings. The maximum Gasteiger partial charge on any atom is 0.265 e. The minimum Gasteiger partial charge on any atom is -0.310 e. The van der Waals surface area contributed by atoms with Crippen molar-refractivity contribution in [1.29, 1.82) is 0 Å². The van der Waals surface area contributed by atoms with Crippen LogP contribution in [0.25, 0.3) is 0 Å². The third kappa shape index (κ3) is 3.98. The highest BCUT2D eigenvalue weighted by Gasteiger charge is 2.22. The highest BCUT2D eigenvalue weighted by molar-refractivity contribution is 9.11. The predicted octanol–water partition coefficient (Wildman–Crippen LogP) is 2.66. The summed E-state index contributed by atoms with van der Waals surface area (Å²) in [5.74, 6) is 0. The largest absolute Gasteiger partial charge is 0.310 e. The van der Waals surface area contributed by atoms with E-state index in [0.717, 1.165) is 16.2 Å². The number of rotatable bonds is 6. The molecule has 0 saturated carbocycles. The van der Waals surface area contributed by atoms with Gasteiger partial charge in [0.05, 0.1) is 3.79 Å². The van der Waals surface area contributed by atoms with E-state index in [0.29, 0.717) is 16.4 Å². The Bertz CT molecular complexity index is 667. The van der Waals surface area contributed by atoms with Crippen LogP contribution in [0.5, 0.6) is 0 Å². The summed E-state index contributed by atoms with van der Waals surface area (Å²) in [6, 6.07) is 2.00. The lowest BCUT2D eigenvalue weighted by atomic mass is 10.4. The Hall–Kier alpha value is -0.550. The van der Waals surface area contributed by atoms with Gasteiger partial charge in [-0.15, -0.1) is 21.5 Å². The van der Waals surface area contributed by atoms with Crippen LogP contribution >= 0.6 is 38.6 Å². The van der Waals surface area contributed by atoms with Gasteiger partial charge >= 0.3 is 0 Å². The second kappa shape index (κ2) is 6.48. The molecule has 0 spiro atoms. The summed E-state index contributed by atoms with van der Waals surface area (Å²) in [5, 5.41) is 10.8. The van der Waals surface area contributed by atoms with Crippen molar-refractivity contribution in [3.8, 4) is 0 Å². The minimum absolute atomic E-state index is 0.221. The Kier molecular flexibility index (Phi) is 5.13. The fraction of sp³-hybridized carbons (Fsp3) is 0.400. The molecule has 0 saturated heterocycles. The first-order valence-corrected chi connectivity index (χ1v) is 9.66. The molecule has 2 rings (SSSR count). The molecular formula is C10H13BrN4O2S3. The Balaban J connectivity index is 2.19. The molecule has 110 valence electrons. The van der Waals surface area contributed by atoms with Crippen LogP contribution in [0.4, 0.5) is 5.13 Å². The summed E-state index contributed by atoms with van der Waals surface area (Å²) in [6.07, 6.45) is 0. The van der Waals surface area contributed by atoms with Crippen molar-refractivity contribution in [3.63, 3.8) is 0 Å². The van der Waals surface area contributed by atoms with Crippen LogP contribution in [0.1, 0.15) is 18.7 Å². The molecular weight excluding hydrogens is 384 g/mol. The van der Waals surface area contributed by atoms with Crippen LogP contribution in [-0.4, -0.2) is 24.7 Å². The van der Waals surface area contributed by atoms with Gasteiger partial charge in [-0.05, 0) is 22.0 Å². The lowest BCUT2D eigenvalue weighted by molar-refractivity contribution is 0.592. The molecule has 2 aromatic heterocycles. The molecule has 0 radical (unpaired) electrons. The van der Waals surface area contributed by atoms with Crippen molar-refractivity contribution in [2.45, 2.75) is 31.3 Å². The summed E-state index contributed by atoms with van der Waals surface area (Å²) < 4.78 is 27.5. The molecule has 0 aliphatic heterocycles. The van der Waals surface area contributed by atoms with E-state index in [-0.39, 0.29) is 10.0 Å². The van der Waals surface area contributed by atoms with Gasteiger partial charge in [0.1, 0.15) is 10.4 Å². The molecule has 2 N–H and O–H groups in total. The molecule has 6 nitrogen and oxygen atoms in total. The summed E-state index contributed by atoms with van der Waals surface area (Å²) in [5.41, 5.74) is 1.47. The van der Waals surface area contributed by atoms with E-state index >= 15 is 0 Å². The molecule has 0 amide bonds. The third-order valence-electron chi connectivity index (χ3n) is 2.26. The first-order chi connectivity index (χ1) is 9.38. The molecule has 0 aromatic carbocycles. The maximum atomic E-state index is 12.3. The van der Waals surface area contributed by atoms with Gasteiger partial charge < -0.3 is 5.32 Å². The third-order valence-corrected chi connectivity index (χ3v) is 6.59. The van der Waals surface area contributed by atoms with E-state index in [4.69, 9.17) is 0 Å². The van der Waals surface area contributed by atoms with Crippen LogP contribution in [-0.2, 0) is 16.6 Å². The lowest BCUT2D eigenvalue weighted by Crippen LogP contribution is -2.21. The summed E-state index contributed by atoms with van der Waals surface area (Å²) in [4.78, 5) is 1.17. The van der Waals surface area contributed by atoms with Gasteiger partial charge in [0.15, 0.2) is 0 Å². The molecule has 0 fully saturated rings. The van der Waals surface area contributed by atoms with Crippen molar-refractivity contribution in [3.05, 3.63) is 20.2 Å². The summed E-state index contributed by atoms with van der Waals surface area (Å²) >= 11 is 5.84. The zero-order chi connectivity index (χ0) is 14.8. The van der Waals surface area contributed by atoms with Gasteiger partial charge in [-0.2, -0.15) is 0 Å². The Morgan fingerprint density at radius 1 is 1.45 bits per heavy atom. The monoisotopic (exact) mass is 396 g/mol. The second-order valence-electron chi connectivity index (χ2n) is 4.24. The lowest BCUT2D eigenvalue weighted by Gasteiger charge is -2.05. The number of hydrogen-bond acceptors (Lipinski definition) is 7. The number of halogens is 1. The zero-order valence-corrected chi connectivity index (χ0v) is 14.8. The van der Waals surface area contributed by atoms with E-state index in [1.165, 1.54) is 16.8 Å². The topological polar surface area (TPSA) is 84.0 Å². The van der Waals surface area contributed by atoms with Gasteiger partial charge in [0.2, 0.25) is 5.13 Å². The minimum atomic E-state index is -3.64.